The summed E-state index contributed by atoms with van der Waals surface area (Å²) in [5.74, 6) is 0.204. The maximum absolute atomic E-state index is 11.4. The van der Waals surface area contributed by atoms with Gasteiger partial charge >= 0.3 is 5.69 Å². The third-order valence-corrected chi connectivity index (χ3v) is 2.93. The minimum Gasteiger partial charge on any atom is -0.356 e. The number of carbonyl (C=O) groups is 1. The first-order valence-electron chi connectivity index (χ1n) is 5.88. The number of amides is 1. The van der Waals surface area contributed by atoms with Gasteiger partial charge in [-0.25, -0.2) is 9.78 Å². The molecule has 8 nitrogen and oxygen atoms in total. The van der Waals surface area contributed by atoms with Crippen LogP contribution in [-0.4, -0.2) is 31.6 Å². The average Bonchev–Trinajstić information content (AvgIpc) is 3.05. The number of aromatic nitrogens is 4. The van der Waals surface area contributed by atoms with Crippen LogP contribution in [0.4, 0.5) is 0 Å². The molecule has 19 heavy (non-hydrogen) atoms. The molecule has 3 heterocycles. The van der Waals surface area contributed by atoms with Crippen LogP contribution < -0.4 is 16.6 Å². The normalized spacial score (nSPS) is 14.1. The second-order valence-electron chi connectivity index (χ2n) is 4.26. The molecule has 3 rings (SSSR count). The maximum atomic E-state index is 11.4. The Balaban J connectivity index is 0.000000186. The van der Waals surface area contributed by atoms with Crippen molar-refractivity contribution in [2.45, 2.75) is 12.8 Å². The van der Waals surface area contributed by atoms with Crippen molar-refractivity contribution in [2.75, 3.05) is 6.54 Å². The number of rotatable bonds is 0. The molecule has 0 unspecified atom stereocenters. The second kappa shape index (κ2) is 5.09. The van der Waals surface area contributed by atoms with Gasteiger partial charge in [0.15, 0.2) is 5.65 Å². The molecule has 1 saturated heterocycles. The number of hydrogen-bond acceptors (Lipinski definition) is 4. The van der Waals surface area contributed by atoms with Crippen molar-refractivity contribution in [3.63, 3.8) is 0 Å². The van der Waals surface area contributed by atoms with Crippen molar-refractivity contribution in [2.24, 2.45) is 14.1 Å². The first-order valence-corrected chi connectivity index (χ1v) is 5.88. The molecule has 0 saturated carbocycles. The Morgan fingerprint density at radius 2 is 1.95 bits per heavy atom. The van der Waals surface area contributed by atoms with Crippen LogP contribution in [0.3, 0.4) is 0 Å². The first-order chi connectivity index (χ1) is 9.02. The molecule has 1 aliphatic heterocycles. The Bertz CT molecular complexity index is 716. The van der Waals surface area contributed by atoms with Gasteiger partial charge in [0.25, 0.3) is 5.56 Å². The molecule has 0 spiro atoms. The summed E-state index contributed by atoms with van der Waals surface area (Å²) in [4.78, 5) is 39.5. The van der Waals surface area contributed by atoms with Crippen molar-refractivity contribution in [3.05, 3.63) is 27.2 Å². The fourth-order valence-electron chi connectivity index (χ4n) is 1.83. The summed E-state index contributed by atoms with van der Waals surface area (Å²) < 4.78 is 2.37. The zero-order valence-corrected chi connectivity index (χ0v) is 10.8. The van der Waals surface area contributed by atoms with Crippen LogP contribution in [-0.2, 0) is 18.9 Å². The highest BCUT2D eigenvalue weighted by Crippen LogP contribution is 1.97. The Morgan fingerprint density at radius 3 is 2.47 bits per heavy atom. The quantitative estimate of drug-likeness (QED) is 0.628. The molecule has 0 radical (unpaired) electrons. The van der Waals surface area contributed by atoms with Crippen LogP contribution in [0.15, 0.2) is 15.9 Å². The summed E-state index contributed by atoms with van der Waals surface area (Å²) in [5, 5.41) is 2.68. The van der Waals surface area contributed by atoms with Gasteiger partial charge in [-0.05, 0) is 6.42 Å². The van der Waals surface area contributed by atoms with Crippen molar-refractivity contribution in [3.8, 4) is 0 Å². The van der Waals surface area contributed by atoms with Gasteiger partial charge in [0, 0.05) is 27.1 Å². The molecule has 102 valence electrons. The smallest absolute Gasteiger partial charge is 0.332 e. The van der Waals surface area contributed by atoms with E-state index in [-0.39, 0.29) is 17.2 Å². The standard InChI is InChI=1S/C7H8N4O2.C4H7NO/c1-10-5-4(8-3-9-5)6(12)11(2)7(10)13;6-4-2-1-3-5-4/h3H,1-2H3,(H,8,9);1-3H2,(H,5,6). The van der Waals surface area contributed by atoms with Crippen molar-refractivity contribution in [1.82, 2.24) is 24.4 Å². The van der Waals surface area contributed by atoms with E-state index in [0.717, 1.165) is 24.0 Å². The van der Waals surface area contributed by atoms with Crippen LogP contribution >= 0.6 is 0 Å². The Hall–Kier alpha value is -2.38. The molecule has 0 atom stereocenters. The Kier molecular flexibility index (Phi) is 3.50. The number of aryl methyl sites for hydroxylation is 1. The lowest BCUT2D eigenvalue weighted by molar-refractivity contribution is -0.119. The van der Waals surface area contributed by atoms with Gasteiger partial charge in [0.1, 0.15) is 5.52 Å². The van der Waals surface area contributed by atoms with E-state index < -0.39 is 0 Å². The topological polar surface area (TPSA) is 102 Å². The van der Waals surface area contributed by atoms with E-state index in [0.29, 0.717) is 11.2 Å². The fraction of sp³-hybridized carbons (Fsp3) is 0.455. The number of nitrogens with one attached hydrogen (secondary N) is 2. The predicted octanol–water partition coefficient (Wildman–Crippen LogP) is -1.14. The van der Waals surface area contributed by atoms with Gasteiger partial charge in [-0.3, -0.25) is 18.7 Å². The van der Waals surface area contributed by atoms with Crippen LogP contribution in [0, 0.1) is 0 Å². The Labute approximate surface area is 108 Å². The third kappa shape index (κ3) is 2.42. The molecular weight excluding hydrogens is 250 g/mol. The average molecular weight is 265 g/mol. The largest absolute Gasteiger partial charge is 0.356 e. The van der Waals surface area contributed by atoms with Crippen LogP contribution in [0.25, 0.3) is 11.2 Å². The summed E-state index contributed by atoms with van der Waals surface area (Å²) in [7, 11) is 3.01. The monoisotopic (exact) mass is 265 g/mol. The molecule has 2 N–H and O–H groups in total. The molecule has 0 bridgehead atoms. The summed E-state index contributed by atoms with van der Waals surface area (Å²) in [6.45, 7) is 0.888. The van der Waals surface area contributed by atoms with Crippen molar-refractivity contribution < 1.29 is 4.79 Å². The minimum absolute atomic E-state index is 0.204. The highest BCUT2D eigenvalue weighted by molar-refractivity contribution is 5.77. The number of carbonyl (C=O) groups excluding carboxylic acids is 1. The van der Waals surface area contributed by atoms with E-state index in [1.54, 1.807) is 7.05 Å². The SMILES string of the molecule is Cn1c(=O)c2[nH]cnc2n(C)c1=O.O=C1CCCN1. The fourth-order valence-corrected chi connectivity index (χ4v) is 1.83. The van der Waals surface area contributed by atoms with Crippen molar-refractivity contribution in [1.29, 1.82) is 0 Å². The van der Waals surface area contributed by atoms with Gasteiger partial charge < -0.3 is 10.3 Å². The molecule has 1 fully saturated rings. The molecule has 1 aliphatic rings. The molecule has 2 aromatic rings. The lowest BCUT2D eigenvalue weighted by atomic mass is 10.4. The van der Waals surface area contributed by atoms with E-state index >= 15 is 0 Å². The second-order valence-corrected chi connectivity index (χ2v) is 4.26. The van der Waals surface area contributed by atoms with E-state index in [1.807, 2.05) is 0 Å². The molecule has 1 amide bonds. The Morgan fingerprint density at radius 1 is 1.21 bits per heavy atom. The van der Waals surface area contributed by atoms with Gasteiger partial charge in [-0.1, -0.05) is 0 Å². The molecule has 0 aliphatic carbocycles. The molecule has 8 heteroatoms. The summed E-state index contributed by atoms with van der Waals surface area (Å²) in [5.41, 5.74) is 0.0119. The number of aromatic amines is 1. The molecule has 2 aromatic heterocycles. The van der Waals surface area contributed by atoms with Crippen molar-refractivity contribution >= 4 is 17.1 Å². The lowest BCUT2D eigenvalue weighted by Crippen LogP contribution is -2.36. The first kappa shape index (κ1) is 13.1. The summed E-state index contributed by atoms with van der Waals surface area (Å²) >= 11 is 0. The van der Waals surface area contributed by atoms with E-state index in [2.05, 4.69) is 15.3 Å². The van der Waals surface area contributed by atoms with E-state index in [4.69, 9.17) is 0 Å². The van der Waals surface area contributed by atoms with Gasteiger partial charge in [0.05, 0.1) is 6.33 Å². The number of imidazole rings is 1. The third-order valence-electron chi connectivity index (χ3n) is 2.93. The highest BCUT2D eigenvalue weighted by atomic mass is 16.2. The van der Waals surface area contributed by atoms with Gasteiger partial charge in [0.2, 0.25) is 5.91 Å². The number of fused-ring (bicyclic) bond motifs is 1. The number of hydrogen-bond donors (Lipinski definition) is 2. The zero-order valence-electron chi connectivity index (χ0n) is 10.8. The van der Waals surface area contributed by atoms with Gasteiger partial charge in [-0.2, -0.15) is 0 Å². The maximum Gasteiger partial charge on any atom is 0.332 e. The van der Waals surface area contributed by atoms with E-state index in [9.17, 15) is 14.4 Å². The highest BCUT2D eigenvalue weighted by Gasteiger charge is 2.09. The molecule has 0 aromatic carbocycles. The van der Waals surface area contributed by atoms with Gasteiger partial charge in [-0.15, -0.1) is 0 Å². The van der Waals surface area contributed by atoms with Crippen LogP contribution in [0.2, 0.25) is 0 Å². The minimum atomic E-state index is -0.371. The summed E-state index contributed by atoms with van der Waals surface area (Å²) in [6.07, 6.45) is 3.16. The number of nitrogens with zero attached hydrogens (tertiary/aromatic N) is 3. The zero-order chi connectivity index (χ0) is 14.0. The lowest BCUT2D eigenvalue weighted by Gasteiger charge is -2.00. The van der Waals surface area contributed by atoms with Crippen LogP contribution in [0.5, 0.6) is 0 Å². The van der Waals surface area contributed by atoms with Crippen LogP contribution in [0.1, 0.15) is 12.8 Å². The predicted molar refractivity (Wildman–Crippen MR) is 68.8 cm³/mol. The summed E-state index contributed by atoms with van der Waals surface area (Å²) in [6, 6.07) is 0. The van der Waals surface area contributed by atoms with E-state index in [1.165, 1.54) is 17.9 Å². The molecular formula is C11H15N5O3. The number of H-pyrrole nitrogens is 1.